The van der Waals surface area contributed by atoms with E-state index >= 15 is 0 Å². The third-order valence-electron chi connectivity index (χ3n) is 3.05. The van der Waals surface area contributed by atoms with E-state index in [1.54, 1.807) is 0 Å². The molecule has 0 aliphatic rings. The summed E-state index contributed by atoms with van der Waals surface area (Å²) in [7, 11) is 0. The van der Waals surface area contributed by atoms with Crippen LogP contribution in [0.2, 0.25) is 0 Å². The van der Waals surface area contributed by atoms with Crippen LogP contribution < -0.4 is 4.74 Å². The van der Waals surface area contributed by atoms with Gasteiger partial charge >= 0.3 is 0 Å². The van der Waals surface area contributed by atoms with E-state index in [2.05, 4.69) is 6.07 Å². The van der Waals surface area contributed by atoms with Gasteiger partial charge in [-0.1, -0.05) is 48.5 Å². The van der Waals surface area contributed by atoms with Gasteiger partial charge in [-0.2, -0.15) is 0 Å². The molecule has 3 rings (SSSR count). The topological polar surface area (TPSA) is 26.3 Å². The molecule has 0 unspecified atom stereocenters. The van der Waals surface area contributed by atoms with E-state index < -0.39 is 5.24 Å². The summed E-state index contributed by atoms with van der Waals surface area (Å²) in [6.45, 7) is -0.125. The fourth-order valence-electron chi connectivity index (χ4n) is 2.26. The van der Waals surface area contributed by atoms with Crippen molar-refractivity contribution in [2.24, 2.45) is 0 Å². The normalized spacial score (nSPS) is 10.8. The minimum absolute atomic E-state index is 0.125. The second kappa shape index (κ2) is 4.90. The van der Waals surface area contributed by atoms with Gasteiger partial charge in [0.25, 0.3) is 5.24 Å². The molecule has 19 heavy (non-hydrogen) atoms. The number of halogens is 1. The van der Waals surface area contributed by atoms with Gasteiger partial charge in [0, 0.05) is 10.8 Å². The second-order valence-corrected chi connectivity index (χ2v) is 4.71. The molecule has 0 heterocycles. The first kappa shape index (κ1) is 12.0. The van der Waals surface area contributed by atoms with Gasteiger partial charge in [-0.15, -0.1) is 0 Å². The third kappa shape index (κ3) is 2.27. The molecule has 0 fully saturated rings. The molecule has 0 aromatic heterocycles. The maximum absolute atomic E-state index is 10.9. The minimum Gasteiger partial charge on any atom is -0.483 e. The molecule has 0 amide bonds. The second-order valence-electron chi connectivity index (χ2n) is 4.29. The molecule has 94 valence electrons. The summed E-state index contributed by atoms with van der Waals surface area (Å²) < 4.78 is 5.61. The number of carbonyl (C=O) groups is 1. The molecule has 0 aliphatic carbocycles. The van der Waals surface area contributed by atoms with Crippen molar-refractivity contribution in [2.75, 3.05) is 6.61 Å². The summed E-state index contributed by atoms with van der Waals surface area (Å²) in [4.78, 5) is 10.9. The Balaban J connectivity index is 2.29. The number of hydrogen-bond acceptors (Lipinski definition) is 2. The Morgan fingerprint density at radius 2 is 1.47 bits per heavy atom. The van der Waals surface area contributed by atoms with Crippen LogP contribution in [-0.4, -0.2) is 11.8 Å². The first-order valence-electron chi connectivity index (χ1n) is 5.97. The summed E-state index contributed by atoms with van der Waals surface area (Å²) in [5.74, 6) is 0.711. The Kier molecular flexibility index (Phi) is 3.10. The maximum Gasteiger partial charge on any atom is 0.259 e. The SMILES string of the molecule is O=C(Cl)COc1c2ccccc2cc2ccccc12. The lowest BCUT2D eigenvalue weighted by atomic mass is 10.0. The van der Waals surface area contributed by atoms with E-state index in [4.69, 9.17) is 16.3 Å². The van der Waals surface area contributed by atoms with Crippen LogP contribution in [0.25, 0.3) is 21.5 Å². The lowest BCUT2D eigenvalue weighted by molar-refractivity contribution is -0.113. The van der Waals surface area contributed by atoms with Gasteiger partial charge < -0.3 is 4.74 Å². The van der Waals surface area contributed by atoms with Crippen LogP contribution in [0, 0.1) is 0 Å². The highest BCUT2D eigenvalue weighted by Crippen LogP contribution is 2.34. The lowest BCUT2D eigenvalue weighted by Gasteiger charge is -2.11. The van der Waals surface area contributed by atoms with Crippen LogP contribution in [0.4, 0.5) is 0 Å². The highest BCUT2D eigenvalue weighted by Gasteiger charge is 2.09. The molecule has 0 atom stereocenters. The molecular weight excluding hydrogens is 260 g/mol. The Labute approximate surface area is 115 Å². The van der Waals surface area contributed by atoms with Crippen LogP contribution in [0.3, 0.4) is 0 Å². The molecule has 0 N–H and O–H groups in total. The standard InChI is InChI=1S/C16H11ClO2/c17-15(18)10-19-16-13-7-3-1-5-11(13)9-12-6-2-4-8-14(12)16/h1-9H,10H2. The number of ether oxygens (including phenoxy) is 1. The predicted molar refractivity (Wildman–Crippen MR) is 77.8 cm³/mol. The smallest absolute Gasteiger partial charge is 0.259 e. The number of rotatable bonds is 3. The Morgan fingerprint density at radius 1 is 0.947 bits per heavy atom. The average Bonchev–Trinajstić information content (AvgIpc) is 2.43. The molecule has 3 heteroatoms. The number of hydrogen-bond donors (Lipinski definition) is 0. The van der Waals surface area contributed by atoms with E-state index in [-0.39, 0.29) is 6.61 Å². The van der Waals surface area contributed by atoms with Crippen LogP contribution in [0.15, 0.2) is 54.6 Å². The molecule has 0 saturated carbocycles. The van der Waals surface area contributed by atoms with Crippen molar-refractivity contribution in [2.45, 2.75) is 0 Å². The van der Waals surface area contributed by atoms with Gasteiger partial charge in [-0.25, -0.2) is 0 Å². The number of benzene rings is 3. The summed E-state index contributed by atoms with van der Waals surface area (Å²) in [5.41, 5.74) is 0. The van der Waals surface area contributed by atoms with Gasteiger partial charge in [-0.3, -0.25) is 4.79 Å². The first-order valence-corrected chi connectivity index (χ1v) is 6.35. The van der Waals surface area contributed by atoms with Gasteiger partial charge in [0.15, 0.2) is 6.61 Å². The largest absolute Gasteiger partial charge is 0.483 e. The molecule has 3 aromatic carbocycles. The van der Waals surface area contributed by atoms with E-state index in [1.165, 1.54) is 0 Å². The molecular formula is C16H11ClO2. The molecule has 0 bridgehead atoms. The first-order chi connectivity index (χ1) is 9.25. The van der Waals surface area contributed by atoms with Crippen LogP contribution in [0.5, 0.6) is 5.75 Å². The fraction of sp³-hybridized carbons (Fsp3) is 0.0625. The summed E-state index contributed by atoms with van der Waals surface area (Å²) in [6.07, 6.45) is 0. The van der Waals surface area contributed by atoms with E-state index in [0.717, 1.165) is 21.5 Å². The van der Waals surface area contributed by atoms with Crippen molar-refractivity contribution in [1.29, 1.82) is 0 Å². The molecule has 2 nitrogen and oxygen atoms in total. The van der Waals surface area contributed by atoms with Crippen molar-refractivity contribution in [3.05, 3.63) is 54.6 Å². The average molecular weight is 271 g/mol. The highest BCUT2D eigenvalue weighted by molar-refractivity contribution is 6.63. The molecule has 0 aliphatic heterocycles. The Hall–Kier alpha value is -2.06. The van der Waals surface area contributed by atoms with Crippen molar-refractivity contribution >= 4 is 38.4 Å². The van der Waals surface area contributed by atoms with Crippen LogP contribution in [0.1, 0.15) is 0 Å². The van der Waals surface area contributed by atoms with Gasteiger partial charge in [0.2, 0.25) is 0 Å². The van der Waals surface area contributed by atoms with Crippen LogP contribution in [-0.2, 0) is 4.79 Å². The number of fused-ring (bicyclic) bond motifs is 2. The fourth-order valence-corrected chi connectivity index (χ4v) is 2.31. The Morgan fingerprint density at radius 3 is 2.00 bits per heavy atom. The molecule has 0 saturated heterocycles. The quantitative estimate of drug-likeness (QED) is 0.528. The van der Waals surface area contributed by atoms with E-state index in [1.807, 2.05) is 48.5 Å². The number of carbonyl (C=O) groups excluding carboxylic acids is 1. The van der Waals surface area contributed by atoms with Crippen molar-refractivity contribution in [1.82, 2.24) is 0 Å². The van der Waals surface area contributed by atoms with Gasteiger partial charge in [0.05, 0.1) is 0 Å². The third-order valence-corrected chi connectivity index (χ3v) is 3.16. The molecule has 0 spiro atoms. The zero-order chi connectivity index (χ0) is 13.2. The van der Waals surface area contributed by atoms with E-state index in [0.29, 0.717) is 5.75 Å². The zero-order valence-corrected chi connectivity index (χ0v) is 10.9. The summed E-state index contributed by atoms with van der Waals surface area (Å²) in [6, 6.07) is 18.0. The monoisotopic (exact) mass is 270 g/mol. The van der Waals surface area contributed by atoms with Crippen molar-refractivity contribution < 1.29 is 9.53 Å². The zero-order valence-electron chi connectivity index (χ0n) is 10.1. The van der Waals surface area contributed by atoms with E-state index in [9.17, 15) is 4.79 Å². The van der Waals surface area contributed by atoms with Crippen molar-refractivity contribution in [3.63, 3.8) is 0 Å². The maximum atomic E-state index is 10.9. The molecule has 3 aromatic rings. The van der Waals surface area contributed by atoms with Gasteiger partial charge in [0.1, 0.15) is 5.75 Å². The predicted octanol–water partition coefficient (Wildman–Crippen LogP) is 4.14. The minimum atomic E-state index is -0.503. The summed E-state index contributed by atoms with van der Waals surface area (Å²) in [5, 5.41) is 3.63. The van der Waals surface area contributed by atoms with Crippen molar-refractivity contribution in [3.8, 4) is 5.75 Å². The van der Waals surface area contributed by atoms with Crippen LogP contribution >= 0.6 is 11.6 Å². The van der Waals surface area contributed by atoms with Gasteiger partial charge in [-0.05, 0) is 28.4 Å². The molecule has 0 radical (unpaired) electrons. The summed E-state index contributed by atoms with van der Waals surface area (Å²) >= 11 is 5.37. The Bertz CT molecular complexity index is 711. The highest BCUT2D eigenvalue weighted by atomic mass is 35.5. The lowest BCUT2D eigenvalue weighted by Crippen LogP contribution is -2.05.